The lowest BCUT2D eigenvalue weighted by Crippen LogP contribution is -2.42. The summed E-state index contributed by atoms with van der Waals surface area (Å²) in [7, 11) is 1.88. The SMILES string of the molecule is CC.CCN(CCN(CCNCCNC)CC(=O)O)CC(=O)O. The van der Waals surface area contributed by atoms with E-state index in [9.17, 15) is 9.59 Å². The van der Waals surface area contributed by atoms with E-state index in [1.54, 1.807) is 4.90 Å². The Bertz CT molecular complexity index is 303. The summed E-state index contributed by atoms with van der Waals surface area (Å²) in [5.74, 6) is -1.73. The van der Waals surface area contributed by atoms with Crippen LogP contribution in [0.1, 0.15) is 20.8 Å². The van der Waals surface area contributed by atoms with Crippen LogP contribution < -0.4 is 10.6 Å². The van der Waals surface area contributed by atoms with Gasteiger partial charge in [0, 0.05) is 39.3 Å². The van der Waals surface area contributed by atoms with Crippen LogP contribution in [0.4, 0.5) is 0 Å². The third kappa shape index (κ3) is 17.0. The van der Waals surface area contributed by atoms with E-state index in [2.05, 4.69) is 10.6 Å². The molecule has 0 amide bonds. The maximum Gasteiger partial charge on any atom is 0.317 e. The first kappa shape index (κ1) is 24.0. The van der Waals surface area contributed by atoms with Crippen molar-refractivity contribution >= 4 is 11.9 Å². The molecule has 0 aromatic carbocycles. The lowest BCUT2D eigenvalue weighted by Gasteiger charge is -2.25. The van der Waals surface area contributed by atoms with E-state index in [4.69, 9.17) is 10.2 Å². The second-order valence-electron chi connectivity index (χ2n) is 4.79. The maximum atomic E-state index is 10.9. The first-order valence-corrected chi connectivity index (χ1v) is 8.23. The number of aliphatic carboxylic acids is 2. The van der Waals surface area contributed by atoms with Crippen molar-refractivity contribution < 1.29 is 19.8 Å². The Balaban J connectivity index is 0. The van der Waals surface area contributed by atoms with Gasteiger partial charge in [0.05, 0.1) is 13.1 Å². The van der Waals surface area contributed by atoms with Gasteiger partial charge in [0.15, 0.2) is 0 Å². The van der Waals surface area contributed by atoms with Gasteiger partial charge in [0.25, 0.3) is 0 Å². The Morgan fingerprint density at radius 3 is 1.87 bits per heavy atom. The lowest BCUT2D eigenvalue weighted by atomic mass is 10.4. The average molecular weight is 334 g/mol. The molecule has 0 saturated heterocycles. The molecule has 23 heavy (non-hydrogen) atoms. The number of hydrogen-bond acceptors (Lipinski definition) is 6. The number of likely N-dealkylation sites (N-methyl/N-ethyl adjacent to an activating group) is 2. The minimum Gasteiger partial charge on any atom is -0.480 e. The van der Waals surface area contributed by atoms with Gasteiger partial charge in [-0.05, 0) is 13.6 Å². The molecule has 0 fully saturated rings. The van der Waals surface area contributed by atoms with Crippen molar-refractivity contribution in [3.8, 4) is 0 Å². The zero-order valence-corrected chi connectivity index (χ0v) is 15.0. The number of carboxylic acid groups (broad SMARTS) is 2. The van der Waals surface area contributed by atoms with Crippen LogP contribution in [0.3, 0.4) is 0 Å². The highest BCUT2D eigenvalue weighted by Crippen LogP contribution is 1.93. The molecule has 138 valence electrons. The van der Waals surface area contributed by atoms with Gasteiger partial charge < -0.3 is 20.8 Å². The fraction of sp³-hybridized carbons (Fsp3) is 0.867. The highest BCUT2D eigenvalue weighted by atomic mass is 16.4. The van der Waals surface area contributed by atoms with E-state index in [-0.39, 0.29) is 13.1 Å². The molecule has 0 rings (SSSR count). The van der Waals surface area contributed by atoms with Crippen LogP contribution in [0.15, 0.2) is 0 Å². The first-order valence-electron chi connectivity index (χ1n) is 8.23. The molecule has 8 heteroatoms. The van der Waals surface area contributed by atoms with Crippen LogP contribution >= 0.6 is 0 Å². The molecule has 0 aliphatic rings. The summed E-state index contributed by atoms with van der Waals surface area (Å²) < 4.78 is 0. The Labute approximate surface area is 139 Å². The van der Waals surface area contributed by atoms with Crippen molar-refractivity contribution in [3.05, 3.63) is 0 Å². The number of carbonyl (C=O) groups is 2. The van der Waals surface area contributed by atoms with Gasteiger partial charge >= 0.3 is 11.9 Å². The molecule has 0 spiro atoms. The molecular weight excluding hydrogens is 300 g/mol. The van der Waals surface area contributed by atoms with E-state index in [1.807, 2.05) is 32.7 Å². The Kier molecular flexibility index (Phi) is 17.9. The summed E-state index contributed by atoms with van der Waals surface area (Å²) in [6, 6.07) is 0. The fourth-order valence-corrected chi connectivity index (χ4v) is 1.86. The highest BCUT2D eigenvalue weighted by Gasteiger charge is 2.12. The van der Waals surface area contributed by atoms with E-state index < -0.39 is 11.9 Å². The van der Waals surface area contributed by atoms with Crippen molar-refractivity contribution in [2.45, 2.75) is 20.8 Å². The quantitative estimate of drug-likeness (QED) is 0.319. The minimum atomic E-state index is -0.869. The second-order valence-corrected chi connectivity index (χ2v) is 4.79. The van der Waals surface area contributed by atoms with Crippen LogP contribution in [0, 0.1) is 0 Å². The van der Waals surface area contributed by atoms with Crippen molar-refractivity contribution in [2.24, 2.45) is 0 Å². The van der Waals surface area contributed by atoms with Crippen LogP contribution in [0.2, 0.25) is 0 Å². The van der Waals surface area contributed by atoms with E-state index in [0.29, 0.717) is 32.7 Å². The van der Waals surface area contributed by atoms with Crippen LogP contribution in [0.5, 0.6) is 0 Å². The Hall–Kier alpha value is -1.22. The molecule has 0 unspecified atom stereocenters. The normalized spacial score (nSPS) is 10.5. The first-order chi connectivity index (χ1) is 11.0. The van der Waals surface area contributed by atoms with E-state index in [0.717, 1.165) is 13.1 Å². The van der Waals surface area contributed by atoms with Gasteiger partial charge in [-0.3, -0.25) is 19.4 Å². The number of nitrogens with zero attached hydrogens (tertiary/aromatic N) is 2. The van der Waals surface area contributed by atoms with Gasteiger partial charge in [-0.25, -0.2) is 0 Å². The Morgan fingerprint density at radius 2 is 1.39 bits per heavy atom. The monoisotopic (exact) mass is 334 g/mol. The van der Waals surface area contributed by atoms with Crippen molar-refractivity contribution in [2.75, 3.05) is 66.0 Å². The molecular formula is C15H34N4O4. The van der Waals surface area contributed by atoms with Crippen LogP contribution in [0.25, 0.3) is 0 Å². The zero-order chi connectivity index (χ0) is 18.1. The van der Waals surface area contributed by atoms with Gasteiger partial charge in [0.2, 0.25) is 0 Å². The second kappa shape index (κ2) is 17.1. The van der Waals surface area contributed by atoms with Crippen molar-refractivity contribution in [3.63, 3.8) is 0 Å². The third-order valence-electron chi connectivity index (χ3n) is 3.05. The topological polar surface area (TPSA) is 105 Å². The molecule has 0 saturated carbocycles. The molecule has 0 atom stereocenters. The number of rotatable bonds is 14. The number of nitrogens with one attached hydrogen (secondary N) is 2. The van der Waals surface area contributed by atoms with Crippen LogP contribution in [-0.4, -0.2) is 97.9 Å². The minimum absolute atomic E-state index is 0.0160. The largest absolute Gasteiger partial charge is 0.480 e. The molecule has 0 aliphatic carbocycles. The van der Waals surface area contributed by atoms with Gasteiger partial charge in [-0.1, -0.05) is 20.8 Å². The summed E-state index contributed by atoms with van der Waals surface area (Å²) in [6.45, 7) is 10.6. The summed E-state index contributed by atoms with van der Waals surface area (Å²) in [6.07, 6.45) is 0. The van der Waals surface area contributed by atoms with Crippen LogP contribution in [-0.2, 0) is 9.59 Å². The molecule has 0 heterocycles. The van der Waals surface area contributed by atoms with Crippen molar-refractivity contribution in [1.82, 2.24) is 20.4 Å². The van der Waals surface area contributed by atoms with Gasteiger partial charge in [0.1, 0.15) is 0 Å². The average Bonchev–Trinajstić information content (AvgIpc) is 2.51. The molecule has 8 nitrogen and oxygen atoms in total. The summed E-state index contributed by atoms with van der Waals surface area (Å²) in [5, 5.41) is 23.9. The standard InChI is InChI=1S/C13H28N4O4.C2H6/c1-3-16(10-12(18)19)8-9-17(11-13(20)21)7-6-15-5-4-14-2;1-2/h14-15H,3-11H2,1-2H3,(H,18,19)(H,20,21);1-2H3. The molecule has 0 radical (unpaired) electrons. The molecule has 0 aromatic rings. The molecule has 0 bridgehead atoms. The molecule has 0 aliphatic heterocycles. The Morgan fingerprint density at radius 1 is 0.870 bits per heavy atom. The van der Waals surface area contributed by atoms with Gasteiger partial charge in [-0.2, -0.15) is 0 Å². The highest BCUT2D eigenvalue weighted by molar-refractivity contribution is 5.69. The summed E-state index contributed by atoms with van der Waals surface area (Å²) in [5.41, 5.74) is 0. The molecule has 0 aromatic heterocycles. The van der Waals surface area contributed by atoms with E-state index >= 15 is 0 Å². The lowest BCUT2D eigenvalue weighted by molar-refractivity contribution is -0.140. The predicted molar refractivity (Wildman–Crippen MR) is 92.0 cm³/mol. The van der Waals surface area contributed by atoms with Gasteiger partial charge in [-0.15, -0.1) is 0 Å². The third-order valence-corrected chi connectivity index (χ3v) is 3.05. The van der Waals surface area contributed by atoms with Crippen molar-refractivity contribution in [1.29, 1.82) is 0 Å². The summed E-state index contributed by atoms with van der Waals surface area (Å²) >= 11 is 0. The molecule has 4 N–H and O–H groups in total. The maximum absolute atomic E-state index is 10.9. The number of hydrogen-bond donors (Lipinski definition) is 4. The smallest absolute Gasteiger partial charge is 0.317 e. The zero-order valence-electron chi connectivity index (χ0n) is 15.0. The number of carboxylic acids is 2. The summed E-state index contributed by atoms with van der Waals surface area (Å²) in [4.78, 5) is 25.2. The fourth-order valence-electron chi connectivity index (χ4n) is 1.86. The predicted octanol–water partition coefficient (Wildman–Crippen LogP) is -0.385. The van der Waals surface area contributed by atoms with E-state index in [1.165, 1.54) is 0 Å².